The summed E-state index contributed by atoms with van der Waals surface area (Å²) in [5.74, 6) is -1.62. The summed E-state index contributed by atoms with van der Waals surface area (Å²) in [5.41, 5.74) is 0.423. The lowest BCUT2D eigenvalue weighted by Crippen LogP contribution is -2.42. The molecule has 0 bridgehead atoms. The van der Waals surface area contributed by atoms with E-state index < -0.39 is 24.0 Å². The van der Waals surface area contributed by atoms with Gasteiger partial charge in [0.25, 0.3) is 5.91 Å². The number of esters is 1. The fourth-order valence-electron chi connectivity index (χ4n) is 2.11. The van der Waals surface area contributed by atoms with Crippen LogP contribution in [0.1, 0.15) is 28.9 Å². The molecule has 0 unspecified atom stereocenters. The Morgan fingerprint density at radius 3 is 2.38 bits per heavy atom. The highest BCUT2D eigenvalue weighted by molar-refractivity contribution is 6.43. The normalized spacial score (nSPS) is 11.3. The van der Waals surface area contributed by atoms with E-state index in [1.54, 1.807) is 37.3 Å². The molecule has 0 aliphatic heterocycles. The van der Waals surface area contributed by atoms with Gasteiger partial charge in [-0.1, -0.05) is 59.6 Å². The van der Waals surface area contributed by atoms with Gasteiger partial charge in [0.15, 0.2) is 0 Å². The molecule has 2 N–H and O–H groups in total. The number of halogens is 2. The van der Waals surface area contributed by atoms with Crippen LogP contribution in [0.25, 0.3) is 0 Å². The van der Waals surface area contributed by atoms with Crippen LogP contribution in [0.5, 0.6) is 0 Å². The summed E-state index contributed by atoms with van der Waals surface area (Å²) in [6.07, 6.45) is -1.33. The zero-order valence-corrected chi connectivity index (χ0v) is 15.3. The summed E-state index contributed by atoms with van der Waals surface area (Å²) < 4.78 is 5.33. The number of amides is 3. The molecule has 0 aliphatic rings. The number of carbonyl (C=O) groups excluding carboxylic acids is 3. The first-order valence-electron chi connectivity index (χ1n) is 7.72. The van der Waals surface area contributed by atoms with Crippen LogP contribution >= 0.6 is 23.2 Å². The summed E-state index contributed by atoms with van der Waals surface area (Å²) in [6, 6.07) is 12.1. The van der Waals surface area contributed by atoms with E-state index in [4.69, 9.17) is 27.9 Å². The summed E-state index contributed by atoms with van der Waals surface area (Å²) in [4.78, 5) is 36.5. The zero-order chi connectivity index (χ0) is 19.1. The smallest absolute Gasteiger partial charge is 0.340 e. The third-order valence-corrected chi connectivity index (χ3v) is 4.13. The molecule has 2 aromatic carbocycles. The lowest BCUT2D eigenvalue weighted by Gasteiger charge is -2.18. The average molecular weight is 395 g/mol. The van der Waals surface area contributed by atoms with Gasteiger partial charge in [0.05, 0.1) is 15.6 Å². The monoisotopic (exact) mass is 394 g/mol. The van der Waals surface area contributed by atoms with Gasteiger partial charge in [-0.3, -0.25) is 10.1 Å². The third-order valence-electron chi connectivity index (χ3n) is 3.31. The quantitative estimate of drug-likeness (QED) is 0.756. The largest absolute Gasteiger partial charge is 0.444 e. The number of nitrogens with one attached hydrogen (secondary N) is 2. The summed E-state index contributed by atoms with van der Waals surface area (Å²) in [6.45, 7) is 2.05. The molecule has 0 aliphatic carbocycles. The second kappa shape index (κ2) is 9.22. The molecule has 0 spiro atoms. The van der Waals surface area contributed by atoms with Crippen molar-refractivity contribution in [1.29, 1.82) is 0 Å². The van der Waals surface area contributed by atoms with Crippen molar-refractivity contribution >= 4 is 41.1 Å². The first-order valence-corrected chi connectivity index (χ1v) is 8.48. The van der Waals surface area contributed by atoms with Crippen LogP contribution in [0.3, 0.4) is 0 Å². The van der Waals surface area contributed by atoms with Gasteiger partial charge in [-0.2, -0.15) is 0 Å². The van der Waals surface area contributed by atoms with Gasteiger partial charge in [0.2, 0.25) is 6.10 Å². The molecule has 1 atom stereocenters. The molecule has 136 valence electrons. The number of imide groups is 1. The van der Waals surface area contributed by atoms with Crippen molar-refractivity contribution in [2.75, 3.05) is 6.54 Å². The van der Waals surface area contributed by atoms with Crippen molar-refractivity contribution in [3.05, 3.63) is 69.7 Å². The molecule has 0 aromatic heterocycles. The summed E-state index contributed by atoms with van der Waals surface area (Å²) in [5, 5.41) is 4.78. The molecule has 26 heavy (non-hydrogen) atoms. The number of hydrogen-bond acceptors (Lipinski definition) is 4. The molecule has 8 heteroatoms. The summed E-state index contributed by atoms with van der Waals surface area (Å²) in [7, 11) is 0. The van der Waals surface area contributed by atoms with Crippen molar-refractivity contribution < 1.29 is 19.1 Å². The first-order chi connectivity index (χ1) is 12.4. The molecule has 0 saturated heterocycles. The Balaban J connectivity index is 2.27. The molecule has 6 nitrogen and oxygen atoms in total. The van der Waals surface area contributed by atoms with Gasteiger partial charge in [-0.15, -0.1) is 0 Å². The maximum atomic E-state index is 12.5. The van der Waals surface area contributed by atoms with Crippen LogP contribution in [-0.4, -0.2) is 24.5 Å². The van der Waals surface area contributed by atoms with Crippen molar-refractivity contribution in [1.82, 2.24) is 10.6 Å². The van der Waals surface area contributed by atoms with Gasteiger partial charge in [0.1, 0.15) is 0 Å². The predicted molar refractivity (Wildman–Crippen MR) is 98.3 cm³/mol. The van der Waals surface area contributed by atoms with Gasteiger partial charge in [0, 0.05) is 12.1 Å². The Bertz CT molecular complexity index is 812. The van der Waals surface area contributed by atoms with Crippen molar-refractivity contribution in [3.8, 4) is 0 Å². The van der Waals surface area contributed by atoms with E-state index in [2.05, 4.69) is 10.6 Å². The molecule has 3 amide bonds. The summed E-state index contributed by atoms with van der Waals surface area (Å²) >= 11 is 11.9. The lowest BCUT2D eigenvalue weighted by molar-refractivity contribution is -0.129. The number of urea groups is 1. The SMILES string of the molecule is CCNC(=O)NC(=O)[C@@H](OC(=O)c1cccc(Cl)c1Cl)c1ccccc1. The number of carbonyl (C=O) groups is 3. The standard InChI is InChI=1S/C18H16Cl2N2O4/c1-2-21-18(25)22-16(23)15(11-7-4-3-5-8-11)26-17(24)12-9-6-10-13(19)14(12)20/h3-10,15H,2H2,1H3,(H2,21,22,23,25)/t15-/m0/s1. The van der Waals surface area contributed by atoms with Crippen molar-refractivity contribution in [2.24, 2.45) is 0 Å². The molecular weight excluding hydrogens is 379 g/mol. The van der Waals surface area contributed by atoms with E-state index in [0.29, 0.717) is 12.1 Å². The lowest BCUT2D eigenvalue weighted by atomic mass is 10.1. The molecule has 0 saturated carbocycles. The van der Waals surface area contributed by atoms with E-state index >= 15 is 0 Å². The second-order valence-corrected chi connectivity index (χ2v) is 5.93. The van der Waals surface area contributed by atoms with Crippen LogP contribution < -0.4 is 10.6 Å². The van der Waals surface area contributed by atoms with Crippen molar-refractivity contribution in [2.45, 2.75) is 13.0 Å². The van der Waals surface area contributed by atoms with Crippen molar-refractivity contribution in [3.63, 3.8) is 0 Å². The second-order valence-electron chi connectivity index (χ2n) is 5.15. The Kier molecular flexibility index (Phi) is 7.00. The van der Waals surface area contributed by atoms with Crippen LogP contribution in [0.2, 0.25) is 10.0 Å². The molecule has 0 heterocycles. The average Bonchev–Trinajstić information content (AvgIpc) is 2.62. The fraction of sp³-hybridized carbons (Fsp3) is 0.167. The highest BCUT2D eigenvalue weighted by atomic mass is 35.5. The van der Waals surface area contributed by atoms with Gasteiger partial charge < -0.3 is 10.1 Å². The maximum absolute atomic E-state index is 12.5. The third kappa shape index (κ3) is 4.97. The Hall–Kier alpha value is -2.57. The number of hydrogen-bond donors (Lipinski definition) is 2. The predicted octanol–water partition coefficient (Wildman–Crippen LogP) is 3.74. The zero-order valence-electron chi connectivity index (χ0n) is 13.8. The number of ether oxygens (including phenoxy) is 1. The van der Waals surface area contributed by atoms with Gasteiger partial charge in [-0.05, 0) is 19.1 Å². The molecule has 2 aromatic rings. The minimum Gasteiger partial charge on any atom is -0.444 e. The Morgan fingerprint density at radius 2 is 1.73 bits per heavy atom. The minimum absolute atomic E-state index is 0.0194. The van der Waals surface area contributed by atoms with E-state index in [9.17, 15) is 14.4 Å². The van der Waals surface area contributed by atoms with Crippen LogP contribution in [0.4, 0.5) is 4.79 Å². The van der Waals surface area contributed by atoms with E-state index in [1.807, 2.05) is 0 Å². The maximum Gasteiger partial charge on any atom is 0.340 e. The van der Waals surface area contributed by atoms with Crippen LogP contribution in [-0.2, 0) is 9.53 Å². The van der Waals surface area contributed by atoms with Crippen LogP contribution in [0.15, 0.2) is 48.5 Å². The first kappa shape index (κ1) is 19.8. The van der Waals surface area contributed by atoms with E-state index in [1.165, 1.54) is 18.2 Å². The van der Waals surface area contributed by atoms with E-state index in [-0.39, 0.29) is 15.6 Å². The molecular formula is C18H16Cl2N2O4. The van der Waals surface area contributed by atoms with Gasteiger partial charge in [-0.25, -0.2) is 9.59 Å². The Labute approximate surface area is 160 Å². The fourth-order valence-corrected chi connectivity index (χ4v) is 2.49. The minimum atomic E-state index is -1.33. The topological polar surface area (TPSA) is 84.5 Å². The number of benzene rings is 2. The van der Waals surface area contributed by atoms with Crippen LogP contribution in [0, 0.1) is 0 Å². The molecule has 0 fully saturated rings. The highest BCUT2D eigenvalue weighted by Gasteiger charge is 2.28. The number of rotatable bonds is 5. The van der Waals surface area contributed by atoms with Gasteiger partial charge >= 0.3 is 12.0 Å². The van der Waals surface area contributed by atoms with E-state index in [0.717, 1.165) is 0 Å². The Morgan fingerprint density at radius 1 is 1.04 bits per heavy atom. The molecule has 0 radical (unpaired) electrons. The molecule has 2 rings (SSSR count). The highest BCUT2D eigenvalue weighted by Crippen LogP contribution is 2.28.